The fourth-order valence-electron chi connectivity index (χ4n) is 2.11. The van der Waals surface area contributed by atoms with Crippen LogP contribution in [0.1, 0.15) is 11.3 Å². The Morgan fingerprint density at radius 3 is 2.62 bits per heavy atom. The summed E-state index contributed by atoms with van der Waals surface area (Å²) in [5, 5.41) is 7.31. The van der Waals surface area contributed by atoms with Gasteiger partial charge in [0.05, 0.1) is 11.4 Å². The van der Waals surface area contributed by atoms with Crippen LogP contribution in [0.3, 0.4) is 0 Å². The smallest absolute Gasteiger partial charge is 0.130 e. The monoisotopic (exact) mass is 279 g/mol. The van der Waals surface area contributed by atoms with Gasteiger partial charge in [-0.1, -0.05) is 30.3 Å². The van der Waals surface area contributed by atoms with Gasteiger partial charge in [0.2, 0.25) is 0 Å². The molecule has 106 valence electrons. The molecule has 0 bridgehead atoms. The number of anilines is 1. The Bertz CT molecular complexity index is 732. The van der Waals surface area contributed by atoms with Crippen LogP contribution < -0.4 is 10.5 Å². The number of nitrogens with two attached hydrogens (primary N) is 1. The molecule has 2 aromatic carbocycles. The van der Waals surface area contributed by atoms with Crippen LogP contribution in [0.4, 0.5) is 5.69 Å². The van der Waals surface area contributed by atoms with Crippen molar-refractivity contribution in [2.45, 2.75) is 13.5 Å². The van der Waals surface area contributed by atoms with E-state index < -0.39 is 0 Å². The maximum absolute atomic E-state index is 5.80. The molecule has 1 heterocycles. The molecule has 0 amide bonds. The number of hydrogen-bond donors (Lipinski definition) is 2. The van der Waals surface area contributed by atoms with Gasteiger partial charge in [-0.2, -0.15) is 5.10 Å². The van der Waals surface area contributed by atoms with Crippen LogP contribution in [-0.4, -0.2) is 10.2 Å². The van der Waals surface area contributed by atoms with Gasteiger partial charge in [-0.25, -0.2) is 0 Å². The van der Waals surface area contributed by atoms with Crippen molar-refractivity contribution in [1.82, 2.24) is 10.2 Å². The second-order valence-corrected chi connectivity index (χ2v) is 4.95. The van der Waals surface area contributed by atoms with E-state index in [0.717, 1.165) is 34.0 Å². The lowest BCUT2D eigenvalue weighted by molar-refractivity contribution is 0.299. The van der Waals surface area contributed by atoms with Gasteiger partial charge in [0.15, 0.2) is 0 Å². The van der Waals surface area contributed by atoms with Crippen molar-refractivity contribution in [1.29, 1.82) is 0 Å². The Morgan fingerprint density at radius 1 is 1.10 bits per heavy atom. The van der Waals surface area contributed by atoms with Crippen molar-refractivity contribution in [2.75, 3.05) is 5.73 Å². The van der Waals surface area contributed by atoms with Crippen molar-refractivity contribution in [3.05, 3.63) is 65.9 Å². The lowest BCUT2D eigenvalue weighted by Gasteiger charge is -2.06. The maximum Gasteiger partial charge on any atom is 0.130 e. The van der Waals surface area contributed by atoms with E-state index in [1.807, 2.05) is 61.5 Å². The maximum atomic E-state index is 5.80. The van der Waals surface area contributed by atoms with E-state index in [9.17, 15) is 0 Å². The molecule has 21 heavy (non-hydrogen) atoms. The highest BCUT2D eigenvalue weighted by atomic mass is 16.5. The standard InChI is InChI=1S/C17H17N3O/c1-12-4-2-3-5-17(12)21-11-15-10-16(20-19-15)13-6-8-14(18)9-7-13/h2-10H,11,18H2,1H3,(H,19,20). The number of aromatic nitrogens is 2. The lowest BCUT2D eigenvalue weighted by atomic mass is 10.1. The first-order valence-electron chi connectivity index (χ1n) is 6.81. The molecule has 0 saturated carbocycles. The number of nitrogen functional groups attached to an aromatic ring is 1. The van der Waals surface area contributed by atoms with Crippen LogP contribution in [0.5, 0.6) is 5.75 Å². The highest BCUT2D eigenvalue weighted by molar-refractivity contribution is 5.61. The highest BCUT2D eigenvalue weighted by Gasteiger charge is 2.05. The SMILES string of the molecule is Cc1ccccc1OCc1cc(-c2ccc(N)cc2)n[nH]1. The molecule has 0 radical (unpaired) electrons. The summed E-state index contributed by atoms with van der Waals surface area (Å²) in [6.07, 6.45) is 0. The van der Waals surface area contributed by atoms with Gasteiger partial charge in [-0.05, 0) is 36.8 Å². The van der Waals surface area contributed by atoms with Gasteiger partial charge in [0.25, 0.3) is 0 Å². The van der Waals surface area contributed by atoms with Crippen LogP contribution in [0, 0.1) is 6.92 Å². The Morgan fingerprint density at radius 2 is 1.86 bits per heavy atom. The summed E-state index contributed by atoms with van der Waals surface area (Å²) in [4.78, 5) is 0. The summed E-state index contributed by atoms with van der Waals surface area (Å²) in [6.45, 7) is 2.49. The minimum Gasteiger partial charge on any atom is -0.487 e. The average molecular weight is 279 g/mol. The van der Waals surface area contributed by atoms with Crippen LogP contribution in [0.25, 0.3) is 11.3 Å². The molecule has 3 aromatic rings. The fraction of sp³-hybridized carbons (Fsp3) is 0.118. The molecule has 0 spiro atoms. The topological polar surface area (TPSA) is 63.9 Å². The molecule has 4 nitrogen and oxygen atoms in total. The quantitative estimate of drug-likeness (QED) is 0.718. The lowest BCUT2D eigenvalue weighted by Crippen LogP contribution is -1.97. The molecule has 1 aromatic heterocycles. The van der Waals surface area contributed by atoms with Gasteiger partial charge < -0.3 is 10.5 Å². The van der Waals surface area contributed by atoms with Crippen molar-refractivity contribution in [2.24, 2.45) is 0 Å². The summed E-state index contributed by atoms with van der Waals surface area (Å²) < 4.78 is 5.80. The summed E-state index contributed by atoms with van der Waals surface area (Å²) >= 11 is 0. The summed E-state index contributed by atoms with van der Waals surface area (Å²) in [7, 11) is 0. The van der Waals surface area contributed by atoms with Crippen LogP contribution in [0.15, 0.2) is 54.6 Å². The predicted molar refractivity (Wildman–Crippen MR) is 83.9 cm³/mol. The van der Waals surface area contributed by atoms with Crippen molar-refractivity contribution in [3.63, 3.8) is 0 Å². The second-order valence-electron chi connectivity index (χ2n) is 4.95. The van der Waals surface area contributed by atoms with Crippen molar-refractivity contribution in [3.8, 4) is 17.0 Å². The largest absolute Gasteiger partial charge is 0.487 e. The molecule has 0 fully saturated rings. The summed E-state index contributed by atoms with van der Waals surface area (Å²) in [5.41, 5.74) is 10.4. The molecule has 0 saturated heterocycles. The van der Waals surface area contributed by atoms with Crippen molar-refractivity contribution >= 4 is 5.69 Å². The Balaban J connectivity index is 1.71. The van der Waals surface area contributed by atoms with Gasteiger partial charge in [0, 0.05) is 11.3 Å². The summed E-state index contributed by atoms with van der Waals surface area (Å²) in [6, 6.07) is 17.6. The second kappa shape index (κ2) is 5.71. The number of aromatic amines is 1. The van der Waals surface area contributed by atoms with Gasteiger partial charge in [-0.3, -0.25) is 5.10 Å². The average Bonchev–Trinajstić information content (AvgIpc) is 2.96. The number of hydrogen-bond acceptors (Lipinski definition) is 3. The Labute approximate surface area is 123 Å². The van der Waals surface area contributed by atoms with E-state index in [1.54, 1.807) is 0 Å². The number of nitrogens with one attached hydrogen (secondary N) is 1. The Kier molecular flexibility index (Phi) is 3.60. The summed E-state index contributed by atoms with van der Waals surface area (Å²) in [5.74, 6) is 0.890. The molecule has 0 atom stereocenters. The van der Waals surface area contributed by atoms with E-state index >= 15 is 0 Å². The van der Waals surface area contributed by atoms with E-state index in [4.69, 9.17) is 10.5 Å². The number of benzene rings is 2. The van der Waals surface area contributed by atoms with E-state index in [-0.39, 0.29) is 0 Å². The minimum absolute atomic E-state index is 0.465. The normalized spacial score (nSPS) is 10.5. The zero-order chi connectivity index (χ0) is 14.7. The third kappa shape index (κ3) is 3.05. The number of ether oxygens (including phenoxy) is 1. The van der Waals surface area contributed by atoms with E-state index in [1.165, 1.54) is 0 Å². The molecular formula is C17H17N3O. The molecule has 0 aliphatic heterocycles. The van der Waals surface area contributed by atoms with Gasteiger partial charge in [0.1, 0.15) is 12.4 Å². The van der Waals surface area contributed by atoms with Crippen molar-refractivity contribution < 1.29 is 4.74 Å². The molecule has 0 aliphatic rings. The first kappa shape index (κ1) is 13.2. The fourth-order valence-corrected chi connectivity index (χ4v) is 2.11. The molecule has 3 rings (SSSR count). The third-order valence-electron chi connectivity index (χ3n) is 3.31. The number of para-hydroxylation sites is 1. The highest BCUT2D eigenvalue weighted by Crippen LogP contribution is 2.21. The van der Waals surface area contributed by atoms with Crippen LogP contribution >= 0.6 is 0 Å². The molecule has 3 N–H and O–H groups in total. The zero-order valence-electron chi connectivity index (χ0n) is 11.8. The number of nitrogens with zero attached hydrogens (tertiary/aromatic N) is 1. The van der Waals surface area contributed by atoms with E-state index in [0.29, 0.717) is 6.61 Å². The third-order valence-corrected chi connectivity index (χ3v) is 3.31. The predicted octanol–water partition coefficient (Wildman–Crippen LogP) is 3.55. The van der Waals surface area contributed by atoms with E-state index in [2.05, 4.69) is 10.2 Å². The van der Waals surface area contributed by atoms with Gasteiger partial charge >= 0.3 is 0 Å². The Hall–Kier alpha value is -2.75. The molecular weight excluding hydrogens is 262 g/mol. The molecule has 0 unspecified atom stereocenters. The number of rotatable bonds is 4. The first-order valence-corrected chi connectivity index (χ1v) is 6.81. The number of H-pyrrole nitrogens is 1. The van der Waals surface area contributed by atoms with Crippen LogP contribution in [0.2, 0.25) is 0 Å². The van der Waals surface area contributed by atoms with Crippen LogP contribution in [-0.2, 0) is 6.61 Å². The zero-order valence-corrected chi connectivity index (χ0v) is 11.8. The minimum atomic E-state index is 0.465. The molecule has 0 aliphatic carbocycles. The molecule has 4 heteroatoms. The van der Waals surface area contributed by atoms with Gasteiger partial charge in [-0.15, -0.1) is 0 Å². The number of aryl methyl sites for hydroxylation is 1. The first-order chi connectivity index (χ1) is 10.2.